The highest BCUT2D eigenvalue weighted by atomic mass is 16.2. The third kappa shape index (κ3) is 3.77. The van der Waals surface area contributed by atoms with Gasteiger partial charge in [-0.25, -0.2) is 9.97 Å². The summed E-state index contributed by atoms with van der Waals surface area (Å²) in [5, 5.41) is 1.03. The van der Waals surface area contributed by atoms with Gasteiger partial charge in [0.15, 0.2) is 0 Å². The largest absolute Gasteiger partial charge is 0.339 e. The molecule has 5 rings (SSSR count). The summed E-state index contributed by atoms with van der Waals surface area (Å²) in [4.78, 5) is 27.1. The molecule has 6 nitrogen and oxygen atoms in total. The molecule has 31 heavy (non-hydrogen) atoms. The van der Waals surface area contributed by atoms with Crippen molar-refractivity contribution in [1.82, 2.24) is 19.4 Å². The van der Waals surface area contributed by atoms with E-state index in [0.29, 0.717) is 13.1 Å². The molecule has 3 heterocycles. The lowest BCUT2D eigenvalue weighted by Gasteiger charge is -2.29. The average Bonchev–Trinajstić information content (AvgIpc) is 3.28. The van der Waals surface area contributed by atoms with Gasteiger partial charge in [-0.05, 0) is 43.7 Å². The molecule has 4 aromatic rings. The summed E-state index contributed by atoms with van der Waals surface area (Å²) in [5.41, 5.74) is 2.57. The van der Waals surface area contributed by atoms with Crippen LogP contribution in [0.25, 0.3) is 16.6 Å². The van der Waals surface area contributed by atoms with E-state index < -0.39 is 0 Å². The molecule has 0 spiro atoms. The highest BCUT2D eigenvalue weighted by Crippen LogP contribution is 2.22. The molecule has 0 unspecified atom stereocenters. The molecular formula is C25H25N5O. The molecule has 1 aliphatic rings. The Balaban J connectivity index is 1.39. The summed E-state index contributed by atoms with van der Waals surface area (Å²) in [5.74, 6) is 0.797. The second kappa shape index (κ2) is 8.22. The first-order valence-electron chi connectivity index (χ1n) is 10.7. The van der Waals surface area contributed by atoms with Crippen molar-refractivity contribution in [3.05, 3.63) is 84.8 Å². The lowest BCUT2D eigenvalue weighted by Crippen LogP contribution is -2.43. The monoisotopic (exact) mass is 411 g/mol. The number of carbonyl (C=O) groups is 1. The molecule has 0 radical (unpaired) electrons. The van der Waals surface area contributed by atoms with Crippen LogP contribution in [0.3, 0.4) is 0 Å². The summed E-state index contributed by atoms with van der Waals surface area (Å²) < 4.78 is 1.99. The first kappa shape index (κ1) is 19.3. The molecule has 1 amide bonds. The highest BCUT2D eigenvalue weighted by molar-refractivity contribution is 5.98. The fourth-order valence-corrected chi connectivity index (χ4v) is 4.29. The van der Waals surface area contributed by atoms with Crippen molar-refractivity contribution in [2.24, 2.45) is 0 Å². The van der Waals surface area contributed by atoms with E-state index in [0.717, 1.165) is 41.1 Å². The number of rotatable bonds is 3. The van der Waals surface area contributed by atoms with E-state index in [9.17, 15) is 4.79 Å². The summed E-state index contributed by atoms with van der Waals surface area (Å²) in [7, 11) is 0. The first-order chi connectivity index (χ1) is 15.2. The molecule has 0 saturated carbocycles. The van der Waals surface area contributed by atoms with Gasteiger partial charge in [0.05, 0.1) is 16.8 Å². The first-order valence-corrected chi connectivity index (χ1v) is 10.7. The third-order valence-electron chi connectivity index (χ3n) is 5.88. The van der Waals surface area contributed by atoms with Crippen molar-refractivity contribution in [2.45, 2.75) is 19.4 Å². The molecule has 0 bridgehead atoms. The second-order valence-corrected chi connectivity index (χ2v) is 7.98. The van der Waals surface area contributed by atoms with Crippen LogP contribution in [0.15, 0.2) is 79.3 Å². The van der Waals surface area contributed by atoms with Crippen LogP contribution >= 0.6 is 0 Å². The molecule has 1 saturated heterocycles. The smallest absolute Gasteiger partial charge is 0.256 e. The number of aromatic nitrogens is 3. The number of para-hydroxylation sites is 2. The van der Waals surface area contributed by atoms with E-state index in [-0.39, 0.29) is 11.9 Å². The lowest BCUT2D eigenvalue weighted by atomic mass is 10.1. The molecule has 1 fully saturated rings. The van der Waals surface area contributed by atoms with Crippen molar-refractivity contribution in [2.75, 3.05) is 24.5 Å². The van der Waals surface area contributed by atoms with Gasteiger partial charge in [-0.15, -0.1) is 0 Å². The van der Waals surface area contributed by atoms with Crippen molar-refractivity contribution in [1.29, 1.82) is 0 Å². The van der Waals surface area contributed by atoms with Gasteiger partial charge in [-0.2, -0.15) is 0 Å². The highest BCUT2D eigenvalue weighted by Gasteiger charge is 2.28. The van der Waals surface area contributed by atoms with Crippen LogP contribution in [0.2, 0.25) is 0 Å². The molecule has 0 N–H and O–H groups in total. The number of nitrogens with zero attached hydrogens (tertiary/aromatic N) is 5. The Hall–Kier alpha value is -3.67. The minimum atomic E-state index is 0.0442. The van der Waals surface area contributed by atoms with Gasteiger partial charge >= 0.3 is 0 Å². The Morgan fingerprint density at radius 3 is 2.61 bits per heavy atom. The molecule has 0 aliphatic carbocycles. The number of carbonyl (C=O) groups excluding carboxylic acids is 1. The second-order valence-electron chi connectivity index (χ2n) is 7.98. The maximum absolute atomic E-state index is 13.6. The van der Waals surface area contributed by atoms with Gasteiger partial charge in [-0.3, -0.25) is 4.79 Å². The fourth-order valence-electron chi connectivity index (χ4n) is 4.29. The topological polar surface area (TPSA) is 54.3 Å². The van der Waals surface area contributed by atoms with Gasteiger partial charge in [-0.1, -0.05) is 30.3 Å². The normalized spacial score (nSPS) is 17.0. The van der Waals surface area contributed by atoms with E-state index in [1.807, 2.05) is 88.7 Å². The zero-order chi connectivity index (χ0) is 21.2. The number of fused-ring (bicyclic) bond motifs is 1. The molecule has 2 aromatic heterocycles. The van der Waals surface area contributed by atoms with Crippen molar-refractivity contribution in [3.8, 4) is 5.69 Å². The minimum Gasteiger partial charge on any atom is -0.339 e. The maximum Gasteiger partial charge on any atom is 0.256 e. The van der Waals surface area contributed by atoms with E-state index in [1.54, 1.807) is 0 Å². The predicted octanol–water partition coefficient (Wildman–Crippen LogP) is 4.16. The number of hydrogen-bond acceptors (Lipinski definition) is 4. The van der Waals surface area contributed by atoms with E-state index in [4.69, 9.17) is 4.98 Å². The SMILES string of the molecule is C[C@H]1CN(c2ncc3ccccc3n2)CCCN1C(=O)c1ccccc1-n1cccc1. The summed E-state index contributed by atoms with van der Waals surface area (Å²) in [6.07, 6.45) is 6.69. The number of benzene rings is 2. The molecule has 6 heteroatoms. The zero-order valence-electron chi connectivity index (χ0n) is 17.6. The lowest BCUT2D eigenvalue weighted by molar-refractivity contribution is 0.0708. The molecular weight excluding hydrogens is 386 g/mol. The quantitative estimate of drug-likeness (QED) is 0.508. The van der Waals surface area contributed by atoms with E-state index >= 15 is 0 Å². The molecule has 156 valence electrons. The molecule has 1 aliphatic heterocycles. The van der Waals surface area contributed by atoms with Crippen molar-refractivity contribution < 1.29 is 4.79 Å². The Bertz CT molecular complexity index is 1200. The summed E-state index contributed by atoms with van der Waals surface area (Å²) in [6, 6.07) is 19.8. The average molecular weight is 412 g/mol. The Kier molecular flexibility index (Phi) is 5.12. The van der Waals surface area contributed by atoms with Crippen LogP contribution in [-0.4, -0.2) is 51.0 Å². The van der Waals surface area contributed by atoms with Crippen molar-refractivity contribution >= 4 is 22.8 Å². The maximum atomic E-state index is 13.6. The predicted molar refractivity (Wildman–Crippen MR) is 123 cm³/mol. The standard InChI is InChI=1S/C25H25N5O/c1-19-18-29(25-26-17-20-9-2-4-11-22(20)27-25)15-8-16-30(19)24(31)21-10-3-5-12-23(21)28-13-6-7-14-28/h2-7,9-14,17,19H,8,15-16,18H2,1H3/t19-/m0/s1. The number of amides is 1. The minimum absolute atomic E-state index is 0.0442. The summed E-state index contributed by atoms with van der Waals surface area (Å²) in [6.45, 7) is 4.35. The van der Waals surface area contributed by atoms with Gasteiger partial charge < -0.3 is 14.4 Å². The van der Waals surface area contributed by atoms with Crippen LogP contribution in [-0.2, 0) is 0 Å². The number of anilines is 1. The van der Waals surface area contributed by atoms with E-state index in [1.165, 1.54) is 0 Å². The third-order valence-corrected chi connectivity index (χ3v) is 5.88. The van der Waals surface area contributed by atoms with Crippen LogP contribution < -0.4 is 4.90 Å². The summed E-state index contributed by atoms with van der Waals surface area (Å²) >= 11 is 0. The van der Waals surface area contributed by atoms with Crippen LogP contribution in [0.4, 0.5) is 5.95 Å². The van der Waals surface area contributed by atoms with Crippen LogP contribution in [0.1, 0.15) is 23.7 Å². The molecule has 1 atom stereocenters. The van der Waals surface area contributed by atoms with Crippen molar-refractivity contribution in [3.63, 3.8) is 0 Å². The van der Waals surface area contributed by atoms with E-state index in [2.05, 4.69) is 16.8 Å². The van der Waals surface area contributed by atoms with Gasteiger partial charge in [0, 0.05) is 49.7 Å². The Morgan fingerprint density at radius 2 is 1.74 bits per heavy atom. The fraction of sp³-hybridized carbons (Fsp3) is 0.240. The van der Waals surface area contributed by atoms with Crippen LogP contribution in [0, 0.1) is 0 Å². The zero-order valence-corrected chi connectivity index (χ0v) is 17.6. The Morgan fingerprint density at radius 1 is 0.968 bits per heavy atom. The van der Waals surface area contributed by atoms with Crippen LogP contribution in [0.5, 0.6) is 0 Å². The van der Waals surface area contributed by atoms with Gasteiger partial charge in [0.25, 0.3) is 5.91 Å². The number of hydrogen-bond donors (Lipinski definition) is 0. The van der Waals surface area contributed by atoms with Gasteiger partial charge in [0.1, 0.15) is 0 Å². The molecule has 2 aromatic carbocycles. The Labute approximate surface area is 181 Å². The van der Waals surface area contributed by atoms with Gasteiger partial charge in [0.2, 0.25) is 5.95 Å².